The van der Waals surface area contributed by atoms with Crippen molar-refractivity contribution < 1.29 is 9.53 Å². The first kappa shape index (κ1) is 24.9. The van der Waals surface area contributed by atoms with E-state index >= 15 is 0 Å². The van der Waals surface area contributed by atoms with E-state index in [0.717, 1.165) is 5.56 Å². The van der Waals surface area contributed by atoms with Crippen LogP contribution < -0.4 is 15.4 Å². The summed E-state index contributed by atoms with van der Waals surface area (Å²) in [5.74, 6) is 1.49. The second-order valence-corrected chi connectivity index (χ2v) is 9.60. The molecule has 5 rings (SSSR count). The summed E-state index contributed by atoms with van der Waals surface area (Å²) < 4.78 is 7.41. The van der Waals surface area contributed by atoms with E-state index in [4.69, 9.17) is 21.4 Å². The van der Waals surface area contributed by atoms with Gasteiger partial charge >= 0.3 is 0 Å². The number of pyridine rings is 1. The molecule has 1 aliphatic rings. The predicted octanol–water partition coefficient (Wildman–Crippen LogP) is 5.95. The molecule has 0 bridgehead atoms. The summed E-state index contributed by atoms with van der Waals surface area (Å²) in [4.78, 5) is 23.0. The van der Waals surface area contributed by atoms with Crippen molar-refractivity contribution in [1.29, 1.82) is 0 Å². The fourth-order valence-corrected chi connectivity index (χ4v) is 5.21. The number of aromatic nitrogens is 4. The number of benzene rings is 2. The zero-order valence-corrected chi connectivity index (χ0v) is 21.9. The number of halogens is 1. The van der Waals surface area contributed by atoms with Gasteiger partial charge in [0, 0.05) is 22.7 Å². The molecule has 0 saturated heterocycles. The number of anilines is 2. The third-order valence-corrected chi connectivity index (χ3v) is 7.05. The van der Waals surface area contributed by atoms with Crippen LogP contribution in [0.25, 0.3) is 0 Å². The molecule has 1 unspecified atom stereocenters. The van der Waals surface area contributed by atoms with E-state index in [-0.39, 0.29) is 5.91 Å². The number of nitrogens with zero attached hydrogens (tertiary/aromatic N) is 4. The number of fused-ring (bicyclic) bond motifs is 1. The lowest BCUT2D eigenvalue weighted by atomic mass is 9.98. The molecule has 2 aromatic carbocycles. The van der Waals surface area contributed by atoms with E-state index < -0.39 is 6.04 Å². The molecule has 0 aliphatic carbocycles. The highest BCUT2D eigenvalue weighted by atomic mass is 35.5. The second kappa shape index (κ2) is 11.1. The molecule has 4 aromatic rings. The summed E-state index contributed by atoms with van der Waals surface area (Å²) in [5, 5.41) is 12.3. The Balaban J connectivity index is 1.47. The minimum atomic E-state index is -0.570. The highest BCUT2D eigenvalue weighted by Gasteiger charge is 2.35. The first-order chi connectivity index (χ1) is 18.0. The third kappa shape index (κ3) is 5.33. The second-order valence-electron chi connectivity index (χ2n) is 8.25. The van der Waals surface area contributed by atoms with Gasteiger partial charge in [0.15, 0.2) is 0 Å². The molecule has 0 fully saturated rings. The van der Waals surface area contributed by atoms with Crippen LogP contribution in [0.4, 0.5) is 11.6 Å². The van der Waals surface area contributed by atoms with Crippen molar-refractivity contribution in [2.45, 2.75) is 30.8 Å². The van der Waals surface area contributed by atoms with Crippen LogP contribution >= 0.6 is 23.4 Å². The van der Waals surface area contributed by atoms with Gasteiger partial charge in [0.05, 0.1) is 23.6 Å². The molecule has 10 heteroatoms. The van der Waals surface area contributed by atoms with Crippen LogP contribution in [0, 0.1) is 0 Å². The smallest absolute Gasteiger partial charge is 0.256 e. The average Bonchev–Trinajstić information content (AvgIpc) is 3.31. The van der Waals surface area contributed by atoms with Crippen LogP contribution in [0.1, 0.15) is 31.1 Å². The largest absolute Gasteiger partial charge is 0.492 e. The lowest BCUT2D eigenvalue weighted by Crippen LogP contribution is -2.32. The number of allylic oxidation sites excluding steroid dienone is 1. The number of amides is 1. The molecule has 37 heavy (non-hydrogen) atoms. The molecule has 2 N–H and O–H groups in total. The Morgan fingerprint density at radius 3 is 2.70 bits per heavy atom. The van der Waals surface area contributed by atoms with Crippen molar-refractivity contribution in [2.24, 2.45) is 0 Å². The highest BCUT2D eigenvalue weighted by Crippen LogP contribution is 2.37. The normalized spacial score (nSPS) is 14.6. The minimum Gasteiger partial charge on any atom is -0.492 e. The van der Waals surface area contributed by atoms with Crippen LogP contribution in [0.3, 0.4) is 0 Å². The Morgan fingerprint density at radius 1 is 1.14 bits per heavy atom. The summed E-state index contributed by atoms with van der Waals surface area (Å²) in [5.41, 5.74) is 3.43. The summed E-state index contributed by atoms with van der Waals surface area (Å²) in [6, 6.07) is 20.1. The van der Waals surface area contributed by atoms with Crippen LogP contribution in [0.15, 0.2) is 89.4 Å². The van der Waals surface area contributed by atoms with Gasteiger partial charge in [-0.2, -0.15) is 4.98 Å². The molecule has 3 heterocycles. The maximum Gasteiger partial charge on any atom is 0.256 e. The summed E-state index contributed by atoms with van der Waals surface area (Å²) in [6.45, 7) is 4.25. The first-order valence-corrected chi connectivity index (χ1v) is 13.2. The lowest BCUT2D eigenvalue weighted by molar-refractivity contribution is -0.113. The number of ether oxygens (including phenoxy) is 1. The van der Waals surface area contributed by atoms with Crippen LogP contribution in [0.5, 0.6) is 5.75 Å². The molecule has 1 amide bonds. The van der Waals surface area contributed by atoms with Gasteiger partial charge in [-0.1, -0.05) is 59.8 Å². The maximum atomic E-state index is 13.7. The minimum absolute atomic E-state index is 0.278. The number of nitrogens with one attached hydrogen (secondary N) is 2. The van der Waals surface area contributed by atoms with Crippen LogP contribution in [0.2, 0.25) is 5.02 Å². The number of rotatable bonds is 8. The zero-order valence-electron chi connectivity index (χ0n) is 20.3. The van der Waals surface area contributed by atoms with Gasteiger partial charge in [0.25, 0.3) is 5.91 Å². The van der Waals surface area contributed by atoms with Crippen molar-refractivity contribution >= 4 is 40.9 Å². The number of para-hydroxylation sites is 2. The van der Waals surface area contributed by atoms with Gasteiger partial charge in [-0.25, -0.2) is 4.68 Å². The molecule has 2 aromatic heterocycles. The molecule has 0 saturated carbocycles. The van der Waals surface area contributed by atoms with Crippen molar-refractivity contribution in [1.82, 2.24) is 19.7 Å². The van der Waals surface area contributed by atoms with Gasteiger partial charge in [0.1, 0.15) is 11.8 Å². The Labute approximate surface area is 224 Å². The van der Waals surface area contributed by atoms with Crippen molar-refractivity contribution in [2.75, 3.05) is 17.2 Å². The molecular weight excluding hydrogens is 508 g/mol. The Bertz CT molecular complexity index is 1460. The fourth-order valence-electron chi connectivity index (χ4n) is 4.10. The van der Waals surface area contributed by atoms with Gasteiger partial charge < -0.3 is 15.4 Å². The molecule has 1 atom stereocenters. The number of carbonyl (C=O) groups is 1. The van der Waals surface area contributed by atoms with Gasteiger partial charge in [-0.3, -0.25) is 9.78 Å². The van der Waals surface area contributed by atoms with E-state index in [2.05, 4.69) is 20.6 Å². The molecule has 0 radical (unpaired) electrons. The standard InChI is InChI=1S/C27H25ClN6O2S/c1-3-36-22-14-7-6-12-20(22)31-25(35)23-17(2)30-26-32-27(37-16-18-10-4-5-11-19(18)28)33-34(26)24(23)21-13-8-9-15-29-21/h4-15,24H,3,16H2,1-2H3,(H,31,35)(H,30,32,33). The van der Waals surface area contributed by atoms with Crippen LogP contribution in [-0.2, 0) is 10.5 Å². The van der Waals surface area contributed by atoms with Gasteiger partial charge in [0.2, 0.25) is 11.1 Å². The quantitative estimate of drug-likeness (QED) is 0.271. The maximum absolute atomic E-state index is 13.7. The molecule has 8 nitrogen and oxygen atoms in total. The van der Waals surface area contributed by atoms with E-state index in [0.29, 0.717) is 56.9 Å². The Hall–Kier alpha value is -3.82. The zero-order chi connectivity index (χ0) is 25.8. The third-order valence-electron chi connectivity index (χ3n) is 5.80. The average molecular weight is 533 g/mol. The number of hydrogen-bond donors (Lipinski definition) is 2. The van der Waals surface area contributed by atoms with E-state index in [1.165, 1.54) is 11.8 Å². The van der Waals surface area contributed by atoms with Crippen molar-refractivity contribution in [3.8, 4) is 5.75 Å². The summed E-state index contributed by atoms with van der Waals surface area (Å²) in [6.07, 6.45) is 1.70. The molecule has 188 valence electrons. The van der Waals surface area contributed by atoms with Crippen LogP contribution in [-0.4, -0.2) is 32.3 Å². The predicted molar refractivity (Wildman–Crippen MR) is 146 cm³/mol. The molecular formula is C27H25ClN6O2S. The number of thioether (sulfide) groups is 1. The molecule has 1 aliphatic heterocycles. The summed E-state index contributed by atoms with van der Waals surface area (Å²) in [7, 11) is 0. The fraction of sp³-hybridized carbons (Fsp3) is 0.185. The van der Waals surface area contributed by atoms with Gasteiger partial charge in [-0.05, 0) is 49.7 Å². The SMILES string of the molecule is CCOc1ccccc1NC(=O)C1=C(C)Nc2nc(SCc3ccccc3Cl)nn2C1c1ccccn1. The topological polar surface area (TPSA) is 94.0 Å². The lowest BCUT2D eigenvalue weighted by Gasteiger charge is -2.28. The van der Waals surface area contributed by atoms with E-state index in [9.17, 15) is 4.79 Å². The number of hydrogen-bond acceptors (Lipinski definition) is 7. The number of carbonyl (C=O) groups excluding carboxylic acids is 1. The van der Waals surface area contributed by atoms with E-state index in [1.54, 1.807) is 10.9 Å². The first-order valence-electron chi connectivity index (χ1n) is 11.8. The van der Waals surface area contributed by atoms with Crippen molar-refractivity contribution in [3.05, 3.63) is 100 Å². The van der Waals surface area contributed by atoms with Gasteiger partial charge in [-0.15, -0.1) is 5.10 Å². The summed E-state index contributed by atoms with van der Waals surface area (Å²) >= 11 is 7.80. The Kier molecular flexibility index (Phi) is 7.43. The highest BCUT2D eigenvalue weighted by molar-refractivity contribution is 7.98. The van der Waals surface area contributed by atoms with E-state index in [1.807, 2.05) is 80.6 Å². The Morgan fingerprint density at radius 2 is 1.92 bits per heavy atom. The molecule has 0 spiro atoms. The van der Waals surface area contributed by atoms with Crippen molar-refractivity contribution in [3.63, 3.8) is 0 Å². The monoisotopic (exact) mass is 532 g/mol.